The number of hydrogen-bond donors (Lipinski definition) is 4. The summed E-state index contributed by atoms with van der Waals surface area (Å²) in [5.41, 5.74) is -1.44. The maximum absolute atomic E-state index is 14.5. The lowest BCUT2D eigenvalue weighted by atomic mass is 9.93. The van der Waals surface area contributed by atoms with Crippen molar-refractivity contribution in [2.24, 2.45) is 23.2 Å². The first-order chi connectivity index (χ1) is 21.5. The average molecular weight is 662 g/mol. The van der Waals surface area contributed by atoms with E-state index >= 15 is 0 Å². The highest BCUT2D eigenvalue weighted by Gasteiger charge is 2.69. The SMILES string of the molecule is CC1(C)[C@@H]2[C@@H](C(=O)N[C@@H](C[C@@H]3CCNC3=O)C(O)C(=O)N3CCC3)N(C(=O)[C@@H](CCC(F)(F)F)Nc3c(F)cc(F)cc3F)C[C@@H]21. The van der Waals surface area contributed by atoms with Gasteiger partial charge in [0.25, 0.3) is 5.91 Å². The number of fused-ring (bicyclic) bond motifs is 1. The van der Waals surface area contributed by atoms with Gasteiger partial charge in [-0.05, 0) is 42.9 Å². The van der Waals surface area contributed by atoms with Gasteiger partial charge < -0.3 is 30.9 Å². The van der Waals surface area contributed by atoms with E-state index in [1.165, 1.54) is 4.90 Å². The second-order valence-corrected chi connectivity index (χ2v) is 13.2. The molecule has 254 valence electrons. The van der Waals surface area contributed by atoms with Crippen molar-refractivity contribution in [3.8, 4) is 0 Å². The van der Waals surface area contributed by atoms with Gasteiger partial charge in [-0.3, -0.25) is 19.2 Å². The van der Waals surface area contributed by atoms with E-state index < -0.39 is 101 Å². The number of rotatable bonds is 11. The molecule has 3 saturated heterocycles. The van der Waals surface area contributed by atoms with Gasteiger partial charge in [0, 0.05) is 50.7 Å². The lowest BCUT2D eigenvalue weighted by molar-refractivity contribution is -0.149. The van der Waals surface area contributed by atoms with Gasteiger partial charge >= 0.3 is 6.18 Å². The molecule has 10 nitrogen and oxygen atoms in total. The van der Waals surface area contributed by atoms with E-state index in [1.807, 2.05) is 13.8 Å². The molecule has 1 aliphatic carbocycles. The molecular formula is C30H37F6N5O5. The van der Waals surface area contributed by atoms with E-state index in [2.05, 4.69) is 16.0 Å². The molecule has 4 fully saturated rings. The van der Waals surface area contributed by atoms with Crippen LogP contribution in [0.5, 0.6) is 0 Å². The Labute approximate surface area is 261 Å². The number of alkyl halides is 3. The molecule has 0 radical (unpaired) electrons. The molecule has 3 heterocycles. The summed E-state index contributed by atoms with van der Waals surface area (Å²) in [4.78, 5) is 55.6. The van der Waals surface area contributed by atoms with E-state index in [1.54, 1.807) is 0 Å². The van der Waals surface area contributed by atoms with Gasteiger partial charge in [-0.15, -0.1) is 0 Å². The molecule has 1 saturated carbocycles. The van der Waals surface area contributed by atoms with Crippen LogP contribution in [0.2, 0.25) is 0 Å². The topological polar surface area (TPSA) is 131 Å². The summed E-state index contributed by atoms with van der Waals surface area (Å²) in [5, 5.41) is 18.6. The third-order valence-electron chi connectivity index (χ3n) is 9.93. The number of nitrogens with one attached hydrogen (secondary N) is 3. The van der Waals surface area contributed by atoms with Crippen LogP contribution in [0.25, 0.3) is 0 Å². The summed E-state index contributed by atoms with van der Waals surface area (Å²) in [5.74, 6) is -8.20. The Bertz CT molecular complexity index is 1370. The number of anilines is 1. The van der Waals surface area contributed by atoms with Crippen LogP contribution in [0.3, 0.4) is 0 Å². The zero-order valence-corrected chi connectivity index (χ0v) is 25.3. The molecular weight excluding hydrogens is 624 g/mol. The molecule has 4 N–H and O–H groups in total. The van der Waals surface area contributed by atoms with E-state index in [0.717, 1.165) is 11.3 Å². The average Bonchev–Trinajstić information content (AvgIpc) is 3.27. The third kappa shape index (κ3) is 6.76. The Kier molecular flexibility index (Phi) is 9.23. The fourth-order valence-electron chi connectivity index (χ4n) is 7.04. The Morgan fingerprint density at radius 3 is 2.30 bits per heavy atom. The molecule has 0 bridgehead atoms. The number of hydrogen-bond acceptors (Lipinski definition) is 6. The molecule has 1 aromatic carbocycles. The minimum Gasteiger partial charge on any atom is -0.381 e. The standard InChI is InChI=1S/C30H37F6N5O5/c1-29(2)16-13-41(27(45)19(4-6-30(34,35)36)38-22-17(32)11-15(31)12-18(22)33)23(21(16)29)26(44)39-20(10-14-5-7-37-25(14)43)24(42)28(46)40-8-3-9-40/h11-12,14,16,19-21,23-24,38,42H,3-10,13H2,1-2H3,(H,37,43)(H,39,44)/t14-,16-,19+,20-,21-,23-,24?/m0/s1. The fraction of sp³-hybridized carbons (Fsp3) is 0.667. The second-order valence-electron chi connectivity index (χ2n) is 13.2. The van der Waals surface area contributed by atoms with Crippen LogP contribution in [-0.2, 0) is 19.2 Å². The molecule has 7 atom stereocenters. The summed E-state index contributed by atoms with van der Waals surface area (Å²) in [6.07, 6.45) is -7.79. The first-order valence-electron chi connectivity index (χ1n) is 15.3. The van der Waals surface area contributed by atoms with E-state index in [-0.39, 0.29) is 24.8 Å². The lowest BCUT2D eigenvalue weighted by Gasteiger charge is -2.37. The quantitative estimate of drug-likeness (QED) is 0.270. The van der Waals surface area contributed by atoms with Crippen molar-refractivity contribution < 1.29 is 50.6 Å². The number of piperidine rings is 1. The number of carbonyl (C=O) groups excluding carboxylic acids is 4. The molecule has 5 rings (SSSR count). The Morgan fingerprint density at radius 2 is 1.76 bits per heavy atom. The highest BCUT2D eigenvalue weighted by atomic mass is 19.4. The summed E-state index contributed by atoms with van der Waals surface area (Å²) in [7, 11) is 0. The highest BCUT2D eigenvalue weighted by Crippen LogP contribution is 2.65. The zero-order valence-electron chi connectivity index (χ0n) is 25.3. The smallest absolute Gasteiger partial charge is 0.381 e. The molecule has 4 aliphatic rings. The van der Waals surface area contributed by atoms with E-state index in [0.29, 0.717) is 38.2 Å². The Hall–Kier alpha value is -3.56. The maximum atomic E-state index is 14.5. The zero-order chi connectivity index (χ0) is 33.7. The number of likely N-dealkylation sites (tertiary alicyclic amines) is 2. The van der Waals surface area contributed by atoms with Crippen LogP contribution in [0.15, 0.2) is 12.1 Å². The molecule has 0 aromatic heterocycles. The van der Waals surface area contributed by atoms with Gasteiger partial charge in [0.2, 0.25) is 17.7 Å². The van der Waals surface area contributed by atoms with Crippen molar-refractivity contribution in [1.29, 1.82) is 0 Å². The van der Waals surface area contributed by atoms with Crippen LogP contribution in [-0.4, -0.2) is 95.1 Å². The monoisotopic (exact) mass is 661 g/mol. The molecule has 1 aromatic rings. The number of halogens is 6. The molecule has 16 heteroatoms. The molecule has 1 unspecified atom stereocenters. The van der Waals surface area contributed by atoms with Gasteiger partial charge in [0.05, 0.1) is 6.04 Å². The fourth-order valence-corrected chi connectivity index (χ4v) is 7.04. The number of nitrogens with zero attached hydrogens (tertiary/aromatic N) is 2. The minimum absolute atomic E-state index is 0.0435. The molecule has 0 spiro atoms. The Morgan fingerprint density at radius 1 is 1.11 bits per heavy atom. The van der Waals surface area contributed by atoms with E-state index in [4.69, 9.17) is 0 Å². The van der Waals surface area contributed by atoms with Crippen molar-refractivity contribution in [3.05, 3.63) is 29.6 Å². The summed E-state index contributed by atoms with van der Waals surface area (Å²) < 4.78 is 82.2. The van der Waals surface area contributed by atoms with Gasteiger partial charge in [-0.2, -0.15) is 13.2 Å². The number of aliphatic hydroxyl groups excluding tert-OH is 1. The lowest BCUT2D eigenvalue weighted by Crippen LogP contribution is -2.59. The first-order valence-corrected chi connectivity index (χ1v) is 15.3. The largest absolute Gasteiger partial charge is 0.389 e. The van der Waals surface area contributed by atoms with Crippen molar-refractivity contribution >= 4 is 29.3 Å². The van der Waals surface area contributed by atoms with Gasteiger partial charge in [0.1, 0.15) is 23.6 Å². The van der Waals surface area contributed by atoms with Crippen LogP contribution in [0.1, 0.15) is 46.0 Å². The number of carbonyl (C=O) groups is 4. The van der Waals surface area contributed by atoms with E-state index in [9.17, 15) is 50.6 Å². The molecule has 3 aliphatic heterocycles. The van der Waals surface area contributed by atoms with Crippen molar-refractivity contribution in [1.82, 2.24) is 20.4 Å². The minimum atomic E-state index is -4.73. The van der Waals surface area contributed by atoms with Gasteiger partial charge in [0.15, 0.2) is 17.7 Å². The normalized spacial score (nSPS) is 26.8. The van der Waals surface area contributed by atoms with Gasteiger partial charge in [-0.25, -0.2) is 13.2 Å². The maximum Gasteiger partial charge on any atom is 0.389 e. The second kappa shape index (κ2) is 12.6. The number of benzene rings is 1. The summed E-state index contributed by atoms with van der Waals surface area (Å²) >= 11 is 0. The molecule has 46 heavy (non-hydrogen) atoms. The summed E-state index contributed by atoms with van der Waals surface area (Å²) in [6, 6.07) is -3.68. The Balaban J connectivity index is 1.40. The van der Waals surface area contributed by atoms with Crippen LogP contribution >= 0.6 is 0 Å². The van der Waals surface area contributed by atoms with Crippen molar-refractivity contribution in [2.75, 3.05) is 31.5 Å². The highest BCUT2D eigenvalue weighted by molar-refractivity contribution is 5.93. The number of amides is 4. The van der Waals surface area contributed by atoms with Crippen LogP contribution < -0.4 is 16.0 Å². The predicted octanol–water partition coefficient (Wildman–Crippen LogP) is 2.31. The van der Waals surface area contributed by atoms with Crippen molar-refractivity contribution in [3.63, 3.8) is 0 Å². The number of aliphatic hydroxyl groups is 1. The summed E-state index contributed by atoms with van der Waals surface area (Å²) in [6.45, 7) is 4.89. The molecule has 4 amide bonds. The van der Waals surface area contributed by atoms with Crippen LogP contribution in [0.4, 0.5) is 32.0 Å². The van der Waals surface area contributed by atoms with Crippen LogP contribution in [0, 0.1) is 40.6 Å². The van der Waals surface area contributed by atoms with Crippen molar-refractivity contribution in [2.45, 2.75) is 76.4 Å². The predicted molar refractivity (Wildman–Crippen MR) is 150 cm³/mol. The third-order valence-corrected chi connectivity index (χ3v) is 9.93. The van der Waals surface area contributed by atoms with Gasteiger partial charge in [-0.1, -0.05) is 13.8 Å². The first kappa shape index (κ1) is 33.8.